The molecular formula is C13H16N2. The number of nitrogens with zero attached hydrogens (tertiary/aromatic N) is 1. The van der Waals surface area contributed by atoms with Crippen LogP contribution in [0.3, 0.4) is 0 Å². The van der Waals surface area contributed by atoms with Gasteiger partial charge in [-0.15, -0.1) is 0 Å². The molecule has 1 aromatic heterocycles. The van der Waals surface area contributed by atoms with E-state index in [-0.39, 0.29) is 0 Å². The Kier molecular flexibility index (Phi) is 2.69. The molecular weight excluding hydrogens is 184 g/mol. The Balaban J connectivity index is 2.79. The van der Waals surface area contributed by atoms with Gasteiger partial charge in [0.15, 0.2) is 0 Å². The SMILES string of the molecule is CCc1cccc2c(C)cc(CN)nc12. The average molecular weight is 200 g/mol. The molecule has 0 amide bonds. The minimum absolute atomic E-state index is 0.509. The molecule has 15 heavy (non-hydrogen) atoms. The third-order valence-electron chi connectivity index (χ3n) is 2.77. The Morgan fingerprint density at radius 3 is 2.80 bits per heavy atom. The molecule has 78 valence electrons. The first-order valence-electron chi connectivity index (χ1n) is 5.34. The predicted molar refractivity (Wildman–Crippen MR) is 63.7 cm³/mol. The van der Waals surface area contributed by atoms with Gasteiger partial charge < -0.3 is 5.73 Å². The van der Waals surface area contributed by atoms with Gasteiger partial charge in [-0.2, -0.15) is 0 Å². The zero-order valence-corrected chi connectivity index (χ0v) is 9.25. The fourth-order valence-electron chi connectivity index (χ4n) is 1.93. The van der Waals surface area contributed by atoms with Gasteiger partial charge in [-0.25, -0.2) is 0 Å². The van der Waals surface area contributed by atoms with Crippen LogP contribution in [0.5, 0.6) is 0 Å². The van der Waals surface area contributed by atoms with Crippen molar-refractivity contribution in [2.24, 2.45) is 5.73 Å². The van der Waals surface area contributed by atoms with Gasteiger partial charge >= 0.3 is 0 Å². The number of pyridine rings is 1. The van der Waals surface area contributed by atoms with Crippen molar-refractivity contribution in [2.45, 2.75) is 26.8 Å². The molecule has 0 aliphatic rings. The number of rotatable bonds is 2. The van der Waals surface area contributed by atoms with E-state index in [1.807, 2.05) is 0 Å². The highest BCUT2D eigenvalue weighted by molar-refractivity contribution is 5.85. The summed E-state index contributed by atoms with van der Waals surface area (Å²) in [7, 11) is 0. The smallest absolute Gasteiger partial charge is 0.0740 e. The van der Waals surface area contributed by atoms with Gasteiger partial charge in [0, 0.05) is 11.9 Å². The molecule has 2 heteroatoms. The maximum absolute atomic E-state index is 5.64. The van der Waals surface area contributed by atoms with E-state index < -0.39 is 0 Å². The lowest BCUT2D eigenvalue weighted by molar-refractivity contribution is 0.996. The number of fused-ring (bicyclic) bond motifs is 1. The van der Waals surface area contributed by atoms with E-state index in [2.05, 4.69) is 43.1 Å². The van der Waals surface area contributed by atoms with Gasteiger partial charge in [0.05, 0.1) is 11.2 Å². The molecule has 2 N–H and O–H groups in total. The van der Waals surface area contributed by atoms with Crippen LogP contribution in [0.4, 0.5) is 0 Å². The predicted octanol–water partition coefficient (Wildman–Crippen LogP) is 2.56. The van der Waals surface area contributed by atoms with Crippen LogP contribution in [0.2, 0.25) is 0 Å². The maximum Gasteiger partial charge on any atom is 0.0740 e. The van der Waals surface area contributed by atoms with Crippen LogP contribution in [0.15, 0.2) is 24.3 Å². The van der Waals surface area contributed by atoms with Crippen LogP contribution in [-0.4, -0.2) is 4.98 Å². The van der Waals surface area contributed by atoms with Crippen molar-refractivity contribution in [1.82, 2.24) is 4.98 Å². The number of hydrogen-bond acceptors (Lipinski definition) is 2. The zero-order valence-electron chi connectivity index (χ0n) is 9.25. The van der Waals surface area contributed by atoms with Crippen molar-refractivity contribution in [1.29, 1.82) is 0 Å². The number of para-hydroxylation sites is 1. The van der Waals surface area contributed by atoms with Gasteiger partial charge in [0.25, 0.3) is 0 Å². The molecule has 0 spiro atoms. The first-order chi connectivity index (χ1) is 7.26. The Labute approximate surface area is 90.1 Å². The number of aryl methyl sites for hydroxylation is 2. The molecule has 0 fully saturated rings. The van der Waals surface area contributed by atoms with Crippen LogP contribution >= 0.6 is 0 Å². The second-order valence-corrected chi connectivity index (χ2v) is 3.80. The van der Waals surface area contributed by atoms with E-state index >= 15 is 0 Å². The van der Waals surface area contributed by atoms with Crippen LogP contribution < -0.4 is 5.73 Å². The van der Waals surface area contributed by atoms with E-state index in [0.717, 1.165) is 17.6 Å². The molecule has 0 saturated heterocycles. The lowest BCUT2D eigenvalue weighted by atomic mass is 10.0. The quantitative estimate of drug-likeness (QED) is 0.809. The average Bonchev–Trinajstić information content (AvgIpc) is 2.28. The monoisotopic (exact) mass is 200 g/mol. The third kappa shape index (κ3) is 1.73. The second-order valence-electron chi connectivity index (χ2n) is 3.80. The summed E-state index contributed by atoms with van der Waals surface area (Å²) < 4.78 is 0. The van der Waals surface area contributed by atoms with Gasteiger partial charge in [-0.1, -0.05) is 25.1 Å². The lowest BCUT2D eigenvalue weighted by Gasteiger charge is -2.08. The van der Waals surface area contributed by atoms with Crippen molar-refractivity contribution in [3.63, 3.8) is 0 Å². The topological polar surface area (TPSA) is 38.9 Å². The molecule has 2 aromatic rings. The molecule has 0 aliphatic carbocycles. The number of nitrogens with two attached hydrogens (primary N) is 1. The van der Waals surface area contributed by atoms with Crippen molar-refractivity contribution >= 4 is 10.9 Å². The summed E-state index contributed by atoms with van der Waals surface area (Å²) in [4.78, 5) is 4.60. The fraction of sp³-hybridized carbons (Fsp3) is 0.308. The Hall–Kier alpha value is -1.41. The van der Waals surface area contributed by atoms with E-state index in [4.69, 9.17) is 5.73 Å². The van der Waals surface area contributed by atoms with Gasteiger partial charge in [0.2, 0.25) is 0 Å². The minimum atomic E-state index is 0.509. The van der Waals surface area contributed by atoms with Gasteiger partial charge in [-0.3, -0.25) is 4.98 Å². The van der Waals surface area contributed by atoms with Crippen LogP contribution in [-0.2, 0) is 13.0 Å². The summed E-state index contributed by atoms with van der Waals surface area (Å²) >= 11 is 0. The second kappa shape index (κ2) is 3.99. The molecule has 2 rings (SSSR count). The van der Waals surface area contributed by atoms with Crippen molar-refractivity contribution < 1.29 is 0 Å². The van der Waals surface area contributed by atoms with Crippen LogP contribution in [0.25, 0.3) is 10.9 Å². The summed E-state index contributed by atoms with van der Waals surface area (Å²) in [5.74, 6) is 0. The van der Waals surface area contributed by atoms with Crippen molar-refractivity contribution in [3.05, 3.63) is 41.1 Å². The van der Waals surface area contributed by atoms with E-state index in [1.165, 1.54) is 16.5 Å². The molecule has 0 bridgehead atoms. The Morgan fingerprint density at radius 2 is 2.13 bits per heavy atom. The lowest BCUT2D eigenvalue weighted by Crippen LogP contribution is -2.01. The number of hydrogen-bond donors (Lipinski definition) is 1. The van der Waals surface area contributed by atoms with E-state index in [0.29, 0.717) is 6.54 Å². The summed E-state index contributed by atoms with van der Waals surface area (Å²) in [5, 5.41) is 1.24. The summed E-state index contributed by atoms with van der Waals surface area (Å²) in [6, 6.07) is 8.42. The molecule has 0 atom stereocenters. The zero-order chi connectivity index (χ0) is 10.8. The van der Waals surface area contributed by atoms with Crippen LogP contribution in [0.1, 0.15) is 23.7 Å². The minimum Gasteiger partial charge on any atom is -0.325 e. The fourth-order valence-corrected chi connectivity index (χ4v) is 1.93. The van der Waals surface area contributed by atoms with E-state index in [9.17, 15) is 0 Å². The van der Waals surface area contributed by atoms with Gasteiger partial charge in [0.1, 0.15) is 0 Å². The van der Waals surface area contributed by atoms with Crippen molar-refractivity contribution in [2.75, 3.05) is 0 Å². The molecule has 2 nitrogen and oxygen atoms in total. The molecule has 0 radical (unpaired) electrons. The first-order valence-corrected chi connectivity index (χ1v) is 5.34. The molecule has 0 unspecified atom stereocenters. The highest BCUT2D eigenvalue weighted by Gasteiger charge is 2.04. The van der Waals surface area contributed by atoms with E-state index in [1.54, 1.807) is 0 Å². The molecule has 1 heterocycles. The summed E-state index contributed by atoms with van der Waals surface area (Å²) in [6.07, 6.45) is 1.01. The number of aromatic nitrogens is 1. The van der Waals surface area contributed by atoms with Crippen LogP contribution in [0, 0.1) is 6.92 Å². The Morgan fingerprint density at radius 1 is 1.33 bits per heavy atom. The molecule has 0 saturated carbocycles. The standard InChI is InChI=1S/C13H16N2/c1-3-10-5-4-6-12-9(2)7-11(8-14)15-13(10)12/h4-7H,3,8,14H2,1-2H3. The molecule has 1 aromatic carbocycles. The van der Waals surface area contributed by atoms with Gasteiger partial charge in [-0.05, 0) is 30.5 Å². The third-order valence-corrected chi connectivity index (χ3v) is 2.77. The normalized spacial score (nSPS) is 10.9. The number of benzene rings is 1. The maximum atomic E-state index is 5.64. The largest absolute Gasteiger partial charge is 0.325 e. The first kappa shape index (κ1) is 10.1. The summed E-state index contributed by atoms with van der Waals surface area (Å²) in [5.41, 5.74) is 10.3. The Bertz CT molecular complexity index is 489. The highest BCUT2D eigenvalue weighted by Crippen LogP contribution is 2.21. The highest BCUT2D eigenvalue weighted by atomic mass is 14.7. The molecule has 0 aliphatic heterocycles. The van der Waals surface area contributed by atoms with Crippen molar-refractivity contribution in [3.8, 4) is 0 Å². The summed E-state index contributed by atoms with van der Waals surface area (Å²) in [6.45, 7) is 4.78.